The van der Waals surface area contributed by atoms with Gasteiger partial charge in [0, 0.05) is 25.4 Å². The first-order chi connectivity index (χ1) is 23.1. The molecule has 0 bridgehead atoms. The summed E-state index contributed by atoms with van der Waals surface area (Å²) in [5.74, 6) is 0.284. The van der Waals surface area contributed by atoms with Crippen LogP contribution in [-0.2, 0) is 33.2 Å². The van der Waals surface area contributed by atoms with E-state index in [0.717, 1.165) is 38.5 Å². The monoisotopic (exact) mass is 698 g/mol. The smallest absolute Gasteiger partial charge is 0.302 e. The molecule has 18 unspecified atom stereocenters. The number of rotatable bonds is 8. The molecule has 2 aliphatic heterocycles. The zero-order valence-corrected chi connectivity index (χ0v) is 29.6. The number of hydrogen-bond donors (Lipinski definition) is 6. The number of hydrogen-bond acceptors (Lipinski definition) is 13. The average Bonchev–Trinajstić information content (AvgIpc) is 3.34. The second-order valence-electron chi connectivity index (χ2n) is 16.1. The molecule has 2 heterocycles. The summed E-state index contributed by atoms with van der Waals surface area (Å²) in [6, 6.07) is 0. The molecule has 0 amide bonds. The molecule has 6 N–H and O–H groups in total. The molecule has 49 heavy (non-hydrogen) atoms. The highest BCUT2D eigenvalue weighted by Gasteiger charge is 2.67. The second kappa shape index (κ2) is 14.0. The quantitative estimate of drug-likeness (QED) is 0.157. The first-order valence-electron chi connectivity index (χ1n) is 18.2. The summed E-state index contributed by atoms with van der Waals surface area (Å²) in [7, 11) is 1.43. The van der Waals surface area contributed by atoms with Crippen LogP contribution in [0.4, 0.5) is 0 Å². The lowest BCUT2D eigenvalue weighted by Crippen LogP contribution is -2.64. The van der Waals surface area contributed by atoms with E-state index < -0.39 is 73.6 Å². The van der Waals surface area contributed by atoms with E-state index in [-0.39, 0.29) is 40.8 Å². The molecule has 0 aromatic rings. The Bertz CT molecular complexity index is 1230. The lowest BCUT2D eigenvalue weighted by molar-refractivity contribution is -0.361. The van der Waals surface area contributed by atoms with Gasteiger partial charge in [-0.25, -0.2) is 0 Å². The van der Waals surface area contributed by atoms with E-state index in [1.807, 2.05) is 6.92 Å². The van der Waals surface area contributed by atoms with Gasteiger partial charge < -0.3 is 59.1 Å². The highest BCUT2D eigenvalue weighted by molar-refractivity contribution is 5.66. The van der Waals surface area contributed by atoms with Crippen LogP contribution in [0.1, 0.15) is 86.0 Å². The second-order valence-corrected chi connectivity index (χ2v) is 16.1. The number of fused-ring (bicyclic) bond motifs is 5. The Kier molecular flexibility index (Phi) is 10.7. The molecule has 280 valence electrons. The Morgan fingerprint density at radius 1 is 0.939 bits per heavy atom. The fourth-order valence-corrected chi connectivity index (χ4v) is 10.9. The summed E-state index contributed by atoms with van der Waals surface area (Å²) >= 11 is 0. The summed E-state index contributed by atoms with van der Waals surface area (Å²) < 4.78 is 35.4. The summed E-state index contributed by atoms with van der Waals surface area (Å²) in [6.07, 6.45) is -3.67. The molecule has 3 saturated carbocycles. The van der Waals surface area contributed by atoms with Crippen molar-refractivity contribution in [3.05, 3.63) is 11.6 Å². The van der Waals surface area contributed by atoms with Crippen LogP contribution in [0.2, 0.25) is 0 Å². The maximum Gasteiger partial charge on any atom is 0.302 e. The van der Waals surface area contributed by atoms with E-state index in [9.17, 15) is 35.4 Å². The number of aliphatic hydroxyl groups is 6. The maximum atomic E-state index is 12.5. The third-order valence-electron chi connectivity index (χ3n) is 13.7. The Morgan fingerprint density at radius 3 is 2.33 bits per heavy atom. The number of methoxy groups -OCH3 is 1. The van der Waals surface area contributed by atoms with Gasteiger partial charge >= 0.3 is 5.97 Å². The number of allylic oxidation sites excluding steroid dienone is 1. The molecular formula is C36H58O13. The van der Waals surface area contributed by atoms with Crippen molar-refractivity contribution >= 4 is 5.97 Å². The highest BCUT2D eigenvalue weighted by atomic mass is 16.7. The molecule has 5 fully saturated rings. The van der Waals surface area contributed by atoms with E-state index in [1.54, 1.807) is 6.92 Å². The molecule has 13 heteroatoms. The van der Waals surface area contributed by atoms with Gasteiger partial charge in [-0.3, -0.25) is 4.79 Å². The van der Waals surface area contributed by atoms with Crippen LogP contribution in [0.15, 0.2) is 11.6 Å². The van der Waals surface area contributed by atoms with Crippen LogP contribution in [0.3, 0.4) is 0 Å². The van der Waals surface area contributed by atoms with E-state index in [0.29, 0.717) is 18.8 Å². The predicted octanol–water partition coefficient (Wildman–Crippen LogP) is 1.32. The molecule has 6 rings (SSSR count). The van der Waals surface area contributed by atoms with Gasteiger partial charge in [-0.15, -0.1) is 0 Å². The molecule has 6 aliphatic rings. The SMILES string of the molecule is COC1C(O)C(OC2CCC3(C)C(=CCC4C3CCC3(C)C(C(C)OC(C)=O)CCC43O)C2)OC(C)C1OC1OC(CO)C(O)C(O)C1O. The van der Waals surface area contributed by atoms with Gasteiger partial charge in [-0.2, -0.15) is 0 Å². The minimum Gasteiger partial charge on any atom is -0.463 e. The van der Waals surface area contributed by atoms with Crippen molar-refractivity contribution in [3.63, 3.8) is 0 Å². The van der Waals surface area contributed by atoms with Crippen molar-refractivity contribution < 1.29 is 63.9 Å². The number of ether oxygens (including phenoxy) is 6. The van der Waals surface area contributed by atoms with Crippen LogP contribution in [0.5, 0.6) is 0 Å². The Hall–Kier alpha value is -1.23. The van der Waals surface area contributed by atoms with Gasteiger partial charge in [0.25, 0.3) is 0 Å². The summed E-state index contributed by atoms with van der Waals surface area (Å²) in [5, 5.41) is 64.2. The van der Waals surface area contributed by atoms with E-state index in [1.165, 1.54) is 19.6 Å². The number of aliphatic hydroxyl groups excluding tert-OH is 5. The molecular weight excluding hydrogens is 640 g/mol. The van der Waals surface area contributed by atoms with Gasteiger partial charge in [0.1, 0.15) is 48.8 Å². The van der Waals surface area contributed by atoms with E-state index in [2.05, 4.69) is 19.9 Å². The summed E-state index contributed by atoms with van der Waals surface area (Å²) in [4.78, 5) is 11.8. The first-order valence-corrected chi connectivity index (χ1v) is 18.2. The Morgan fingerprint density at radius 2 is 1.65 bits per heavy atom. The van der Waals surface area contributed by atoms with E-state index in [4.69, 9.17) is 28.4 Å². The van der Waals surface area contributed by atoms with Gasteiger partial charge in [0.15, 0.2) is 12.6 Å². The predicted molar refractivity (Wildman–Crippen MR) is 173 cm³/mol. The van der Waals surface area contributed by atoms with Crippen molar-refractivity contribution in [3.8, 4) is 0 Å². The van der Waals surface area contributed by atoms with Gasteiger partial charge in [0.05, 0.1) is 24.4 Å². The molecule has 0 aromatic heterocycles. The number of carbonyl (C=O) groups excluding carboxylic acids is 1. The van der Waals surface area contributed by atoms with E-state index >= 15 is 0 Å². The fraction of sp³-hybridized carbons (Fsp3) is 0.917. The fourth-order valence-electron chi connectivity index (χ4n) is 10.9. The molecule has 4 aliphatic carbocycles. The van der Waals surface area contributed by atoms with Crippen molar-refractivity contribution in [1.29, 1.82) is 0 Å². The summed E-state index contributed by atoms with van der Waals surface area (Å²) in [6.45, 7) is 9.09. The summed E-state index contributed by atoms with van der Waals surface area (Å²) in [5.41, 5.74) is 0.0920. The van der Waals surface area contributed by atoms with Gasteiger partial charge in [-0.1, -0.05) is 25.5 Å². The molecule has 18 atom stereocenters. The minimum absolute atomic E-state index is 0.0852. The molecule has 0 spiro atoms. The molecule has 13 nitrogen and oxygen atoms in total. The van der Waals surface area contributed by atoms with Crippen LogP contribution in [0.25, 0.3) is 0 Å². The number of carbonyl (C=O) groups is 1. The van der Waals surface area contributed by atoms with Crippen LogP contribution >= 0.6 is 0 Å². The van der Waals surface area contributed by atoms with Crippen molar-refractivity contribution in [2.75, 3.05) is 13.7 Å². The minimum atomic E-state index is -1.61. The van der Waals surface area contributed by atoms with Crippen molar-refractivity contribution in [1.82, 2.24) is 0 Å². The number of esters is 1. The standard InChI is InChI=1S/C36H58O13/c1-17(45-19(3)38)22-11-14-36(43)24-8-7-20-15-21(9-12-34(20,4)23(24)10-13-35(22,36)5)47-33-29(42)31(44-6)30(18(2)46-33)49-32-28(41)27(40)26(39)25(16-37)48-32/h7,17-18,21-33,37,39-43H,8-16H2,1-6H3. The van der Waals surface area contributed by atoms with Gasteiger partial charge in [-0.05, 0) is 82.5 Å². The van der Waals surface area contributed by atoms with Crippen LogP contribution in [0, 0.1) is 28.6 Å². The largest absolute Gasteiger partial charge is 0.463 e. The topological polar surface area (TPSA) is 194 Å². The van der Waals surface area contributed by atoms with Crippen LogP contribution in [-0.4, -0.2) is 130 Å². The molecule has 0 aromatic carbocycles. The lowest BCUT2D eigenvalue weighted by Gasteiger charge is -2.61. The first kappa shape index (κ1) is 37.5. The van der Waals surface area contributed by atoms with Gasteiger partial charge in [0.2, 0.25) is 0 Å². The zero-order valence-electron chi connectivity index (χ0n) is 29.6. The molecule has 2 saturated heterocycles. The normalized spacial score (nSPS) is 52.0. The molecule has 0 radical (unpaired) electrons. The maximum absolute atomic E-state index is 12.5. The van der Waals surface area contributed by atoms with Crippen LogP contribution < -0.4 is 0 Å². The van der Waals surface area contributed by atoms with Crippen molar-refractivity contribution in [2.45, 2.75) is 165 Å². The third kappa shape index (κ3) is 6.22. The van der Waals surface area contributed by atoms with Crippen molar-refractivity contribution in [2.24, 2.45) is 28.6 Å². The Balaban J connectivity index is 1.11. The lowest BCUT2D eigenvalue weighted by atomic mass is 9.45. The zero-order chi connectivity index (χ0) is 35.6. The average molecular weight is 699 g/mol. The Labute approximate surface area is 288 Å². The third-order valence-corrected chi connectivity index (χ3v) is 13.7. The highest BCUT2D eigenvalue weighted by Crippen LogP contribution is 2.68.